The number of anilines is 1. The minimum absolute atomic E-state index is 0.529. The Morgan fingerprint density at radius 3 is 2.60 bits per heavy atom. The van der Waals surface area contributed by atoms with E-state index in [0.717, 1.165) is 28.1 Å². The van der Waals surface area contributed by atoms with E-state index in [4.69, 9.17) is 5.73 Å². The summed E-state index contributed by atoms with van der Waals surface area (Å²) in [7, 11) is 0. The quantitative estimate of drug-likeness (QED) is 0.726. The van der Waals surface area contributed by atoms with Gasteiger partial charge in [-0.1, -0.05) is 30.3 Å². The van der Waals surface area contributed by atoms with Crippen molar-refractivity contribution >= 4 is 22.6 Å². The van der Waals surface area contributed by atoms with Gasteiger partial charge in [0.25, 0.3) is 0 Å². The molecule has 0 unspecified atom stereocenters. The number of benzene rings is 1. The molecule has 2 heterocycles. The van der Waals surface area contributed by atoms with Crippen molar-refractivity contribution in [2.24, 2.45) is 0 Å². The van der Waals surface area contributed by atoms with E-state index in [1.54, 1.807) is 6.20 Å². The van der Waals surface area contributed by atoms with E-state index < -0.39 is 0 Å². The first-order chi connectivity index (χ1) is 9.79. The molecule has 0 aliphatic carbocycles. The van der Waals surface area contributed by atoms with Gasteiger partial charge in [-0.15, -0.1) is 11.3 Å². The number of aldehydes is 1. The van der Waals surface area contributed by atoms with E-state index >= 15 is 0 Å². The van der Waals surface area contributed by atoms with Crippen LogP contribution in [0, 0.1) is 0 Å². The van der Waals surface area contributed by atoms with Crippen molar-refractivity contribution in [2.45, 2.75) is 6.42 Å². The normalized spacial score (nSPS) is 9.60. The van der Waals surface area contributed by atoms with Crippen LogP contribution in [-0.4, -0.2) is 16.5 Å². The molecule has 0 saturated carbocycles. The Morgan fingerprint density at radius 2 is 2.05 bits per heavy atom. The molecule has 4 nitrogen and oxygen atoms in total. The summed E-state index contributed by atoms with van der Waals surface area (Å²) in [6.45, 7) is 0. The molecule has 0 radical (unpaired) electrons. The van der Waals surface area contributed by atoms with Crippen molar-refractivity contribution in [3.05, 3.63) is 59.6 Å². The van der Waals surface area contributed by atoms with Gasteiger partial charge in [-0.25, -0.2) is 0 Å². The molecule has 0 atom stereocenters. The van der Waals surface area contributed by atoms with Crippen molar-refractivity contribution in [3.63, 3.8) is 0 Å². The van der Waals surface area contributed by atoms with Gasteiger partial charge < -0.3 is 10.5 Å². The van der Waals surface area contributed by atoms with E-state index in [2.05, 4.69) is 10.2 Å². The highest BCUT2D eigenvalue weighted by Gasteiger charge is 1.99. The van der Waals surface area contributed by atoms with Crippen molar-refractivity contribution in [2.75, 3.05) is 5.73 Å². The second-order valence-electron chi connectivity index (χ2n) is 4.06. The van der Waals surface area contributed by atoms with Gasteiger partial charge in [-0.2, -0.15) is 5.10 Å². The smallest absolute Gasteiger partial charge is 0.124 e. The van der Waals surface area contributed by atoms with Crippen LogP contribution in [0.2, 0.25) is 0 Å². The van der Waals surface area contributed by atoms with Gasteiger partial charge in [0.1, 0.15) is 6.29 Å². The van der Waals surface area contributed by atoms with Gasteiger partial charge in [0.05, 0.1) is 10.7 Å². The predicted octanol–water partition coefficient (Wildman–Crippen LogP) is 3.15. The minimum atomic E-state index is 0.529. The Hall–Kier alpha value is -2.40. The molecule has 5 heteroatoms. The fourth-order valence-electron chi connectivity index (χ4n) is 1.62. The summed E-state index contributed by atoms with van der Waals surface area (Å²) < 4.78 is 0. The number of H-pyrrole nitrogens is 1. The van der Waals surface area contributed by atoms with Crippen molar-refractivity contribution in [1.29, 1.82) is 0 Å². The summed E-state index contributed by atoms with van der Waals surface area (Å²) in [5.41, 5.74) is 8.76. The Kier molecular flexibility index (Phi) is 5.08. The van der Waals surface area contributed by atoms with Crippen LogP contribution in [0.15, 0.2) is 54.0 Å². The minimum Gasteiger partial charge on any atom is -0.391 e. The maximum atomic E-state index is 9.97. The summed E-state index contributed by atoms with van der Waals surface area (Å²) in [5.74, 6) is 0. The SMILES string of the molecule is Nc1cc(-c2ccn[nH]2)cs1.O=CCc1ccccc1. The summed E-state index contributed by atoms with van der Waals surface area (Å²) in [4.78, 5) is 9.97. The lowest BCUT2D eigenvalue weighted by atomic mass is 10.2. The molecule has 3 rings (SSSR count). The lowest BCUT2D eigenvalue weighted by Crippen LogP contribution is -1.82. The molecule has 102 valence electrons. The standard InChI is InChI=1S/C8H8O.C7H7N3S/c9-7-6-8-4-2-1-3-5-8;8-7-3-5(4-11-7)6-1-2-9-10-6/h1-5,7H,6H2;1-4H,8H2,(H,9,10). The molecule has 0 spiro atoms. The molecule has 0 bridgehead atoms. The van der Waals surface area contributed by atoms with Crippen molar-refractivity contribution < 1.29 is 4.79 Å². The average Bonchev–Trinajstić information content (AvgIpc) is 3.12. The number of nitrogens with zero attached hydrogens (tertiary/aromatic N) is 1. The summed E-state index contributed by atoms with van der Waals surface area (Å²) in [6.07, 6.45) is 3.17. The van der Waals surface area contributed by atoms with Crippen LogP contribution < -0.4 is 5.73 Å². The fraction of sp³-hybridized carbons (Fsp3) is 0.0667. The lowest BCUT2D eigenvalue weighted by Gasteiger charge is -1.89. The first kappa shape index (κ1) is 14.0. The van der Waals surface area contributed by atoms with E-state index in [9.17, 15) is 4.79 Å². The van der Waals surface area contributed by atoms with Gasteiger partial charge in [0.2, 0.25) is 0 Å². The number of rotatable bonds is 3. The molecule has 0 saturated heterocycles. The molecule has 0 aliphatic heterocycles. The maximum absolute atomic E-state index is 9.97. The van der Waals surface area contributed by atoms with E-state index in [1.165, 1.54) is 11.3 Å². The molecular weight excluding hydrogens is 270 g/mol. The fourth-order valence-corrected chi connectivity index (χ4v) is 2.27. The zero-order valence-corrected chi connectivity index (χ0v) is 11.6. The monoisotopic (exact) mass is 285 g/mol. The Bertz CT molecular complexity index is 632. The zero-order valence-electron chi connectivity index (χ0n) is 10.8. The number of hydrogen-bond donors (Lipinski definition) is 2. The number of thiophene rings is 1. The van der Waals surface area contributed by atoms with E-state index in [0.29, 0.717) is 6.42 Å². The average molecular weight is 285 g/mol. The van der Waals surface area contributed by atoms with Gasteiger partial charge in [0.15, 0.2) is 0 Å². The topological polar surface area (TPSA) is 71.8 Å². The van der Waals surface area contributed by atoms with Crippen molar-refractivity contribution in [3.8, 4) is 11.3 Å². The number of nitrogens with one attached hydrogen (secondary N) is 1. The van der Waals surface area contributed by atoms with Crippen LogP contribution in [-0.2, 0) is 11.2 Å². The number of hydrogen-bond acceptors (Lipinski definition) is 4. The number of carbonyl (C=O) groups is 1. The Balaban J connectivity index is 0.000000151. The third-order valence-corrected chi connectivity index (χ3v) is 3.36. The highest BCUT2D eigenvalue weighted by Crippen LogP contribution is 2.24. The zero-order chi connectivity index (χ0) is 14.2. The van der Waals surface area contributed by atoms with Gasteiger partial charge in [0, 0.05) is 23.6 Å². The molecule has 0 fully saturated rings. The number of aromatic amines is 1. The molecule has 2 aromatic heterocycles. The van der Waals surface area contributed by atoms with Crippen LogP contribution in [0.5, 0.6) is 0 Å². The molecule has 3 aromatic rings. The largest absolute Gasteiger partial charge is 0.391 e. The molecule has 3 N–H and O–H groups in total. The van der Waals surface area contributed by atoms with Crippen molar-refractivity contribution in [1.82, 2.24) is 10.2 Å². The Labute approximate surface area is 121 Å². The Morgan fingerprint density at radius 1 is 1.25 bits per heavy atom. The molecule has 20 heavy (non-hydrogen) atoms. The number of aromatic nitrogens is 2. The third kappa shape index (κ3) is 4.07. The van der Waals surface area contributed by atoms with E-state index in [-0.39, 0.29) is 0 Å². The van der Waals surface area contributed by atoms with E-state index in [1.807, 2.05) is 47.8 Å². The molecule has 1 aromatic carbocycles. The van der Waals surface area contributed by atoms with Crippen LogP contribution in [0.3, 0.4) is 0 Å². The molecule has 0 amide bonds. The summed E-state index contributed by atoms with van der Waals surface area (Å²) >= 11 is 1.53. The number of carbonyl (C=O) groups excluding carboxylic acids is 1. The predicted molar refractivity (Wildman–Crippen MR) is 82.5 cm³/mol. The highest BCUT2D eigenvalue weighted by molar-refractivity contribution is 7.14. The van der Waals surface area contributed by atoms with Gasteiger partial charge in [-0.05, 0) is 17.7 Å². The molecular formula is C15H15N3OS. The highest BCUT2D eigenvalue weighted by atomic mass is 32.1. The molecule has 0 aliphatic rings. The van der Waals surface area contributed by atoms with Crippen LogP contribution in [0.25, 0.3) is 11.3 Å². The lowest BCUT2D eigenvalue weighted by molar-refractivity contribution is -0.107. The first-order valence-corrected chi connectivity index (χ1v) is 6.99. The van der Waals surface area contributed by atoms with Gasteiger partial charge in [-0.3, -0.25) is 5.10 Å². The van der Waals surface area contributed by atoms with Crippen LogP contribution >= 0.6 is 11.3 Å². The van der Waals surface area contributed by atoms with Gasteiger partial charge >= 0.3 is 0 Å². The van der Waals surface area contributed by atoms with Crippen LogP contribution in [0.4, 0.5) is 5.00 Å². The second-order valence-corrected chi connectivity index (χ2v) is 5.01. The summed E-state index contributed by atoms with van der Waals surface area (Å²) in [6, 6.07) is 13.5. The second kappa shape index (κ2) is 7.25. The number of nitrogen functional groups attached to an aromatic ring is 1. The summed E-state index contributed by atoms with van der Waals surface area (Å²) in [5, 5.41) is 9.55. The maximum Gasteiger partial charge on any atom is 0.124 e. The third-order valence-electron chi connectivity index (χ3n) is 2.59. The van der Waals surface area contributed by atoms with Crippen LogP contribution in [0.1, 0.15) is 5.56 Å². The first-order valence-electron chi connectivity index (χ1n) is 6.11. The number of nitrogens with two attached hydrogens (primary N) is 1.